The predicted octanol–water partition coefficient (Wildman–Crippen LogP) is 4.67. The highest BCUT2D eigenvalue weighted by molar-refractivity contribution is 7.91. The highest BCUT2D eigenvalue weighted by Crippen LogP contribution is 2.31. The average molecular weight is 480 g/mol. The zero-order valence-corrected chi connectivity index (χ0v) is 19.2. The van der Waals surface area contributed by atoms with Gasteiger partial charge in [0.2, 0.25) is 11.8 Å². The number of carboxylic acids is 1. The molecular weight excluding hydrogens is 458 g/mol. The average Bonchev–Trinajstić information content (AvgIpc) is 2.83. The third kappa shape index (κ3) is 4.76. The Morgan fingerprint density at radius 3 is 2.65 bits per heavy atom. The topological polar surface area (TPSA) is 128 Å². The van der Waals surface area contributed by atoms with Gasteiger partial charge in [0.1, 0.15) is 11.5 Å². The fraction of sp³-hybridized carbons (Fsp3) is 0.125. The number of nitrogens with one attached hydrogen (secondary N) is 1. The number of nitrogens with zero attached hydrogens (tertiary/aromatic N) is 2. The van der Waals surface area contributed by atoms with Gasteiger partial charge in [-0.15, -0.1) is 0 Å². The molecular formula is C24H21N3O6S. The summed E-state index contributed by atoms with van der Waals surface area (Å²) in [6.45, 7) is 1.58. The van der Waals surface area contributed by atoms with Gasteiger partial charge in [-0.3, -0.25) is 0 Å². The van der Waals surface area contributed by atoms with Gasteiger partial charge in [-0.1, -0.05) is 19.1 Å². The summed E-state index contributed by atoms with van der Waals surface area (Å²) < 4.78 is 35.7. The molecule has 9 nitrogen and oxygen atoms in total. The van der Waals surface area contributed by atoms with E-state index in [1.807, 2.05) is 0 Å². The van der Waals surface area contributed by atoms with Crippen LogP contribution in [0.1, 0.15) is 17.3 Å². The van der Waals surface area contributed by atoms with Crippen LogP contribution in [0.15, 0.2) is 71.8 Å². The van der Waals surface area contributed by atoms with Crippen molar-refractivity contribution in [1.29, 1.82) is 0 Å². The summed E-state index contributed by atoms with van der Waals surface area (Å²) in [6, 6.07) is 16.2. The Morgan fingerprint density at radius 2 is 1.91 bits per heavy atom. The van der Waals surface area contributed by atoms with Crippen LogP contribution in [0.25, 0.3) is 10.8 Å². The summed E-state index contributed by atoms with van der Waals surface area (Å²) in [6.07, 6.45) is 1.49. The molecule has 34 heavy (non-hydrogen) atoms. The maximum atomic E-state index is 12.3. The molecule has 4 rings (SSSR count). The second kappa shape index (κ2) is 9.36. The zero-order valence-electron chi connectivity index (χ0n) is 18.3. The Hall–Kier alpha value is -4.18. The van der Waals surface area contributed by atoms with Crippen molar-refractivity contribution in [1.82, 2.24) is 9.97 Å². The normalized spacial score (nSPS) is 11.2. The molecule has 0 bridgehead atoms. The molecule has 0 saturated carbocycles. The number of fused-ring (bicyclic) bond motifs is 1. The maximum absolute atomic E-state index is 12.3. The van der Waals surface area contributed by atoms with Crippen LogP contribution >= 0.6 is 0 Å². The number of benzene rings is 3. The minimum absolute atomic E-state index is 0.0295. The molecule has 1 heterocycles. The summed E-state index contributed by atoms with van der Waals surface area (Å²) in [5, 5.41) is 13.6. The van der Waals surface area contributed by atoms with E-state index in [1.165, 1.54) is 25.4 Å². The third-order valence-corrected chi connectivity index (χ3v) is 6.82. The van der Waals surface area contributed by atoms with Gasteiger partial charge in [-0.25, -0.2) is 18.2 Å². The molecule has 10 heteroatoms. The molecule has 3 aromatic carbocycles. The largest absolute Gasteiger partial charge is 0.495 e. The molecule has 0 aliphatic carbocycles. The van der Waals surface area contributed by atoms with Crippen LogP contribution in [-0.4, -0.2) is 42.3 Å². The van der Waals surface area contributed by atoms with E-state index in [0.717, 1.165) is 0 Å². The summed E-state index contributed by atoms with van der Waals surface area (Å²) >= 11 is 0. The van der Waals surface area contributed by atoms with Crippen LogP contribution in [0, 0.1) is 0 Å². The highest BCUT2D eigenvalue weighted by atomic mass is 32.2. The monoisotopic (exact) mass is 479 g/mol. The van der Waals surface area contributed by atoms with E-state index >= 15 is 0 Å². The summed E-state index contributed by atoms with van der Waals surface area (Å²) in [5.74, 6) is 0.274. The highest BCUT2D eigenvalue weighted by Gasteiger charge is 2.16. The lowest BCUT2D eigenvalue weighted by Crippen LogP contribution is -2.06. The van der Waals surface area contributed by atoms with Gasteiger partial charge in [0.05, 0.1) is 29.0 Å². The van der Waals surface area contributed by atoms with E-state index in [9.17, 15) is 18.3 Å². The standard InChI is InChI=1S/C24H21N3O6S/c1-3-34(30,31)17-8-10-21(32-2)20(14-17)26-24-25-12-11-22(27-24)33-16-7-9-18-15(13-16)5-4-6-19(18)23(28)29/h4-14H,3H2,1-2H3,(H,28,29)(H,25,26,27). The summed E-state index contributed by atoms with van der Waals surface area (Å²) in [4.78, 5) is 20.1. The first-order valence-corrected chi connectivity index (χ1v) is 11.9. The van der Waals surface area contributed by atoms with Gasteiger partial charge in [-0.05, 0) is 53.2 Å². The molecule has 1 aromatic heterocycles. The summed E-state index contributed by atoms with van der Waals surface area (Å²) in [5.41, 5.74) is 0.597. The lowest BCUT2D eigenvalue weighted by Gasteiger charge is -2.13. The molecule has 0 radical (unpaired) electrons. The van der Waals surface area contributed by atoms with E-state index in [-0.39, 0.29) is 28.0 Å². The van der Waals surface area contributed by atoms with Crippen molar-refractivity contribution in [2.45, 2.75) is 11.8 Å². The van der Waals surface area contributed by atoms with Crippen molar-refractivity contribution in [3.63, 3.8) is 0 Å². The molecule has 2 N–H and O–H groups in total. The van der Waals surface area contributed by atoms with Crippen LogP contribution in [0.2, 0.25) is 0 Å². The van der Waals surface area contributed by atoms with Crippen molar-refractivity contribution in [2.24, 2.45) is 0 Å². The molecule has 0 unspecified atom stereocenters. The number of ether oxygens (including phenoxy) is 2. The number of aromatic nitrogens is 2. The lowest BCUT2D eigenvalue weighted by molar-refractivity contribution is 0.0699. The lowest BCUT2D eigenvalue weighted by atomic mass is 10.0. The van der Waals surface area contributed by atoms with Crippen molar-refractivity contribution < 1.29 is 27.8 Å². The Balaban J connectivity index is 1.61. The molecule has 0 aliphatic heterocycles. The quantitative estimate of drug-likeness (QED) is 0.371. The Bertz CT molecular complexity index is 1490. The molecule has 0 fully saturated rings. The number of carbonyl (C=O) groups is 1. The summed E-state index contributed by atoms with van der Waals surface area (Å²) in [7, 11) is -1.93. The SMILES string of the molecule is CCS(=O)(=O)c1ccc(OC)c(Nc2nccc(Oc3ccc4c(C(=O)O)cccc4c3)n2)c1. The van der Waals surface area contributed by atoms with Crippen molar-refractivity contribution in [3.8, 4) is 17.4 Å². The number of sulfone groups is 1. The van der Waals surface area contributed by atoms with Crippen LogP contribution < -0.4 is 14.8 Å². The first-order chi connectivity index (χ1) is 16.3. The molecule has 174 valence electrons. The van der Waals surface area contributed by atoms with E-state index in [1.54, 1.807) is 55.5 Å². The molecule has 0 amide bonds. The minimum atomic E-state index is -3.41. The Labute approximate surface area is 195 Å². The predicted molar refractivity (Wildman–Crippen MR) is 127 cm³/mol. The Morgan fingerprint density at radius 1 is 1.09 bits per heavy atom. The second-order valence-corrected chi connectivity index (χ2v) is 9.48. The zero-order chi connectivity index (χ0) is 24.3. The van der Waals surface area contributed by atoms with Crippen molar-refractivity contribution >= 4 is 38.2 Å². The first kappa shape index (κ1) is 23.0. The van der Waals surface area contributed by atoms with Gasteiger partial charge < -0.3 is 19.9 Å². The number of hydrogen-bond donors (Lipinski definition) is 2. The molecule has 4 aromatic rings. The Kier molecular flexibility index (Phi) is 6.33. The van der Waals surface area contributed by atoms with Gasteiger partial charge in [0, 0.05) is 12.3 Å². The number of carboxylic acid groups (broad SMARTS) is 1. The van der Waals surface area contributed by atoms with E-state index in [4.69, 9.17) is 9.47 Å². The molecule has 0 atom stereocenters. The smallest absolute Gasteiger partial charge is 0.336 e. The minimum Gasteiger partial charge on any atom is -0.495 e. The van der Waals surface area contributed by atoms with Crippen molar-refractivity contribution in [3.05, 3.63) is 72.4 Å². The fourth-order valence-corrected chi connectivity index (χ4v) is 4.26. The van der Waals surface area contributed by atoms with Gasteiger partial charge in [0.15, 0.2) is 9.84 Å². The third-order valence-electron chi connectivity index (χ3n) is 5.09. The van der Waals surface area contributed by atoms with Crippen LogP contribution in [0.3, 0.4) is 0 Å². The molecule has 0 spiro atoms. The van der Waals surface area contributed by atoms with Crippen LogP contribution in [-0.2, 0) is 9.84 Å². The van der Waals surface area contributed by atoms with Crippen LogP contribution in [0.5, 0.6) is 17.4 Å². The number of rotatable bonds is 8. The fourth-order valence-electron chi connectivity index (χ4n) is 3.36. The number of aromatic carboxylic acids is 1. The van der Waals surface area contributed by atoms with Gasteiger partial charge in [-0.2, -0.15) is 4.98 Å². The van der Waals surface area contributed by atoms with E-state index in [0.29, 0.717) is 28.0 Å². The van der Waals surface area contributed by atoms with Crippen molar-refractivity contribution in [2.75, 3.05) is 18.2 Å². The second-order valence-electron chi connectivity index (χ2n) is 7.20. The number of methoxy groups -OCH3 is 1. The number of hydrogen-bond acceptors (Lipinski definition) is 8. The van der Waals surface area contributed by atoms with E-state index in [2.05, 4.69) is 15.3 Å². The van der Waals surface area contributed by atoms with Gasteiger partial charge >= 0.3 is 5.97 Å². The number of anilines is 2. The molecule has 0 aliphatic rings. The first-order valence-electron chi connectivity index (χ1n) is 10.3. The van der Waals surface area contributed by atoms with E-state index < -0.39 is 15.8 Å². The van der Waals surface area contributed by atoms with Gasteiger partial charge in [0.25, 0.3) is 0 Å². The van der Waals surface area contributed by atoms with Crippen LogP contribution in [0.4, 0.5) is 11.6 Å². The molecule has 0 saturated heterocycles. The maximum Gasteiger partial charge on any atom is 0.336 e.